The number of carboxylic acids is 1. The van der Waals surface area contributed by atoms with Gasteiger partial charge in [-0.1, -0.05) is 12.1 Å². The number of nitrogens with one attached hydrogen (secondary N) is 1. The molecule has 0 bridgehead atoms. The summed E-state index contributed by atoms with van der Waals surface area (Å²) in [6.07, 6.45) is 0. The summed E-state index contributed by atoms with van der Waals surface area (Å²) in [6, 6.07) is 6.20. The monoisotopic (exact) mass is 379 g/mol. The Morgan fingerprint density at radius 1 is 1.35 bits per heavy atom. The number of benzene rings is 1. The molecule has 140 valence electrons. The van der Waals surface area contributed by atoms with Crippen molar-refractivity contribution in [2.45, 2.75) is 24.8 Å². The van der Waals surface area contributed by atoms with Crippen molar-refractivity contribution in [1.82, 2.24) is 10.2 Å². The van der Waals surface area contributed by atoms with E-state index in [0.29, 0.717) is 5.69 Å². The van der Waals surface area contributed by atoms with E-state index in [0.717, 1.165) is 9.80 Å². The number of carboxylic acid groups (broad SMARTS) is 1. The molecule has 0 saturated heterocycles. The lowest BCUT2D eigenvalue weighted by Crippen LogP contribution is -2.51. The predicted molar refractivity (Wildman–Crippen MR) is 97.0 cm³/mol. The molecule has 1 atom stereocenters. The van der Waals surface area contributed by atoms with Crippen LogP contribution in [-0.4, -0.2) is 65.1 Å². The average Bonchev–Trinajstić information content (AvgIpc) is 2.60. The average molecular weight is 379 g/mol. The Balaban J connectivity index is 2.16. The van der Waals surface area contributed by atoms with E-state index in [4.69, 9.17) is 0 Å². The van der Waals surface area contributed by atoms with Crippen molar-refractivity contribution in [3.63, 3.8) is 0 Å². The Bertz CT molecular complexity index is 724. The van der Waals surface area contributed by atoms with E-state index in [1.54, 1.807) is 12.1 Å². The van der Waals surface area contributed by atoms with Crippen molar-refractivity contribution in [3.8, 4) is 0 Å². The molecule has 1 aliphatic heterocycles. The molecule has 0 saturated carbocycles. The van der Waals surface area contributed by atoms with E-state index >= 15 is 0 Å². The molecule has 0 fully saturated rings. The number of fused-ring (bicyclic) bond motifs is 1. The summed E-state index contributed by atoms with van der Waals surface area (Å²) in [5.74, 6) is -1.88. The number of para-hydroxylation sites is 1. The first-order chi connectivity index (χ1) is 12.3. The van der Waals surface area contributed by atoms with Gasteiger partial charge in [-0.15, -0.1) is 11.8 Å². The Kier molecular flexibility index (Phi) is 6.62. The molecule has 1 aromatic rings. The van der Waals surface area contributed by atoms with E-state index in [-0.39, 0.29) is 37.2 Å². The van der Waals surface area contributed by atoms with Gasteiger partial charge in [0.15, 0.2) is 0 Å². The van der Waals surface area contributed by atoms with Gasteiger partial charge in [0.25, 0.3) is 0 Å². The summed E-state index contributed by atoms with van der Waals surface area (Å²) in [7, 11) is 0. The van der Waals surface area contributed by atoms with Crippen LogP contribution in [0.3, 0.4) is 0 Å². The lowest BCUT2D eigenvalue weighted by molar-refractivity contribution is -0.149. The van der Waals surface area contributed by atoms with Gasteiger partial charge in [-0.2, -0.15) is 0 Å². The maximum atomic E-state index is 12.7. The van der Waals surface area contributed by atoms with Crippen LogP contribution in [0.15, 0.2) is 29.2 Å². The fourth-order valence-electron chi connectivity index (χ4n) is 2.57. The molecule has 2 N–H and O–H groups in total. The van der Waals surface area contributed by atoms with Gasteiger partial charge in [-0.3, -0.25) is 14.4 Å². The summed E-state index contributed by atoms with van der Waals surface area (Å²) in [4.78, 5) is 50.8. The van der Waals surface area contributed by atoms with Crippen molar-refractivity contribution < 1.29 is 24.3 Å². The van der Waals surface area contributed by atoms with Gasteiger partial charge in [0.05, 0.1) is 11.4 Å². The van der Waals surface area contributed by atoms with Crippen LogP contribution in [0.4, 0.5) is 5.69 Å². The van der Waals surface area contributed by atoms with Crippen molar-refractivity contribution in [3.05, 3.63) is 24.3 Å². The Morgan fingerprint density at radius 3 is 2.69 bits per heavy atom. The normalized spacial score (nSPS) is 14.4. The molecule has 0 spiro atoms. The highest BCUT2D eigenvalue weighted by Crippen LogP contribution is 2.34. The van der Waals surface area contributed by atoms with E-state index in [1.807, 2.05) is 12.1 Å². The Morgan fingerprint density at radius 2 is 2.04 bits per heavy atom. The van der Waals surface area contributed by atoms with Crippen LogP contribution in [0.5, 0.6) is 0 Å². The zero-order valence-electron chi connectivity index (χ0n) is 14.6. The molecule has 0 radical (unpaired) electrons. The quantitative estimate of drug-likeness (QED) is 0.717. The van der Waals surface area contributed by atoms with E-state index in [1.165, 1.54) is 30.5 Å². The number of rotatable bonds is 7. The number of carbonyl (C=O) groups is 4. The van der Waals surface area contributed by atoms with Gasteiger partial charge >= 0.3 is 5.97 Å². The second-order valence-electron chi connectivity index (χ2n) is 5.82. The number of carbonyl (C=O) groups excluding carboxylic acids is 3. The standard InChI is InChI=1S/C17H21N3O5S/c1-11(17(24)25)19(8-7-18-12(2)21)15(22)9-20-13-5-3-4-6-14(13)26-10-16(20)23/h3-6,11H,7-10H2,1-2H3,(H,18,21)(H,24,25). The molecule has 8 nitrogen and oxygen atoms in total. The SMILES string of the molecule is CC(=O)NCCN(C(=O)CN1C(=O)CSc2ccccc21)C(C)C(=O)O. The molecule has 1 unspecified atom stereocenters. The fourth-order valence-corrected chi connectivity index (χ4v) is 3.51. The van der Waals surface area contributed by atoms with Crippen molar-refractivity contribution in [2.75, 3.05) is 30.3 Å². The van der Waals surface area contributed by atoms with Crippen molar-refractivity contribution in [1.29, 1.82) is 0 Å². The number of nitrogens with zero attached hydrogens (tertiary/aromatic N) is 2. The molecule has 1 heterocycles. The van der Waals surface area contributed by atoms with E-state index in [9.17, 15) is 24.3 Å². The molecule has 1 aromatic carbocycles. The number of anilines is 1. The fraction of sp³-hybridized carbons (Fsp3) is 0.412. The zero-order valence-corrected chi connectivity index (χ0v) is 15.4. The number of hydrogen-bond acceptors (Lipinski definition) is 5. The third-order valence-electron chi connectivity index (χ3n) is 3.97. The summed E-state index contributed by atoms with van der Waals surface area (Å²) >= 11 is 1.41. The minimum Gasteiger partial charge on any atom is -0.480 e. The van der Waals surface area contributed by atoms with Gasteiger partial charge in [-0.05, 0) is 19.1 Å². The molecular weight excluding hydrogens is 358 g/mol. The largest absolute Gasteiger partial charge is 0.480 e. The van der Waals surface area contributed by atoms with E-state index in [2.05, 4.69) is 5.32 Å². The molecule has 26 heavy (non-hydrogen) atoms. The molecule has 0 aromatic heterocycles. The lowest BCUT2D eigenvalue weighted by Gasteiger charge is -2.32. The summed E-state index contributed by atoms with van der Waals surface area (Å²) in [5.41, 5.74) is 0.645. The van der Waals surface area contributed by atoms with Crippen LogP contribution < -0.4 is 10.2 Å². The number of thioether (sulfide) groups is 1. The topological polar surface area (TPSA) is 107 Å². The number of hydrogen-bond donors (Lipinski definition) is 2. The molecule has 3 amide bonds. The number of amides is 3. The van der Waals surface area contributed by atoms with Gasteiger partial charge in [0.1, 0.15) is 12.6 Å². The van der Waals surface area contributed by atoms with Gasteiger partial charge in [0, 0.05) is 24.9 Å². The summed E-state index contributed by atoms with van der Waals surface area (Å²) < 4.78 is 0. The van der Waals surface area contributed by atoms with Gasteiger partial charge in [-0.25, -0.2) is 4.79 Å². The summed E-state index contributed by atoms with van der Waals surface area (Å²) in [5, 5.41) is 11.8. The van der Waals surface area contributed by atoms with Crippen molar-refractivity contribution in [2.24, 2.45) is 0 Å². The van der Waals surface area contributed by atoms with Crippen LogP contribution in [0.1, 0.15) is 13.8 Å². The highest BCUT2D eigenvalue weighted by molar-refractivity contribution is 8.00. The van der Waals surface area contributed by atoms with Crippen LogP contribution in [0, 0.1) is 0 Å². The third kappa shape index (κ3) is 4.75. The first-order valence-corrected chi connectivity index (χ1v) is 9.08. The van der Waals surface area contributed by atoms with Gasteiger partial charge in [0.2, 0.25) is 17.7 Å². The first-order valence-electron chi connectivity index (χ1n) is 8.10. The minimum atomic E-state index is -1.15. The molecule has 2 rings (SSSR count). The predicted octanol–water partition coefficient (Wildman–Crippen LogP) is 0.563. The molecule has 1 aliphatic rings. The third-order valence-corrected chi connectivity index (χ3v) is 5.02. The summed E-state index contributed by atoms with van der Waals surface area (Å²) in [6.45, 7) is 2.68. The Labute approximate surface area is 155 Å². The smallest absolute Gasteiger partial charge is 0.326 e. The highest BCUT2D eigenvalue weighted by atomic mass is 32.2. The highest BCUT2D eigenvalue weighted by Gasteiger charge is 2.31. The van der Waals surface area contributed by atoms with E-state index < -0.39 is 17.9 Å². The van der Waals surface area contributed by atoms with Crippen molar-refractivity contribution >= 4 is 41.1 Å². The van der Waals surface area contributed by atoms with Crippen LogP contribution >= 0.6 is 11.8 Å². The Hall–Kier alpha value is -2.55. The van der Waals surface area contributed by atoms with Crippen LogP contribution in [0.25, 0.3) is 0 Å². The first kappa shape index (κ1) is 19.8. The zero-order chi connectivity index (χ0) is 19.3. The maximum absolute atomic E-state index is 12.7. The molecule has 0 aliphatic carbocycles. The number of aliphatic carboxylic acids is 1. The second-order valence-corrected chi connectivity index (χ2v) is 6.84. The maximum Gasteiger partial charge on any atom is 0.326 e. The lowest BCUT2D eigenvalue weighted by atomic mass is 10.2. The van der Waals surface area contributed by atoms with Crippen LogP contribution in [-0.2, 0) is 19.2 Å². The molecule has 9 heteroatoms. The van der Waals surface area contributed by atoms with Crippen LogP contribution in [0.2, 0.25) is 0 Å². The van der Waals surface area contributed by atoms with Gasteiger partial charge < -0.3 is 20.2 Å². The minimum absolute atomic E-state index is 0.0459. The molecular formula is C17H21N3O5S. The second kappa shape index (κ2) is 8.70.